The molecule has 0 spiro atoms. The highest BCUT2D eigenvalue weighted by Gasteiger charge is 2.16. The number of hydrogen-bond acceptors (Lipinski definition) is 5. The maximum Gasteiger partial charge on any atom is 0.239 e. The smallest absolute Gasteiger partial charge is 0.239 e. The number of hydrogen-bond donors (Lipinski definition) is 2. The summed E-state index contributed by atoms with van der Waals surface area (Å²) >= 11 is 0. The van der Waals surface area contributed by atoms with Gasteiger partial charge in [-0.25, -0.2) is 14.4 Å². The molecule has 24 heavy (non-hydrogen) atoms. The first-order valence-corrected chi connectivity index (χ1v) is 8.19. The zero-order chi connectivity index (χ0) is 16.9. The van der Waals surface area contributed by atoms with Gasteiger partial charge in [-0.2, -0.15) is 0 Å². The number of amides is 1. The number of halogens is 1. The zero-order valence-corrected chi connectivity index (χ0v) is 13.6. The summed E-state index contributed by atoms with van der Waals surface area (Å²) in [5.41, 5.74) is 0.457. The largest absolute Gasteiger partial charge is 0.494 e. The Morgan fingerprint density at radius 3 is 2.83 bits per heavy atom. The summed E-state index contributed by atoms with van der Waals surface area (Å²) in [4.78, 5) is 20.3. The minimum Gasteiger partial charge on any atom is -0.494 e. The molecule has 0 saturated heterocycles. The van der Waals surface area contributed by atoms with E-state index in [1.54, 1.807) is 0 Å². The van der Waals surface area contributed by atoms with E-state index in [4.69, 9.17) is 4.74 Å². The molecule has 128 valence electrons. The molecule has 7 heteroatoms. The number of anilines is 1. The van der Waals surface area contributed by atoms with Crippen molar-refractivity contribution in [2.45, 2.75) is 38.1 Å². The molecule has 1 aliphatic rings. The highest BCUT2D eigenvalue weighted by atomic mass is 19.1. The number of carbonyl (C=O) groups excluding carboxylic acids is 1. The number of ether oxygens (including phenoxy) is 1. The molecule has 1 aliphatic carbocycles. The fraction of sp³-hybridized carbons (Fsp3) is 0.471. The van der Waals surface area contributed by atoms with Crippen molar-refractivity contribution >= 4 is 22.6 Å². The van der Waals surface area contributed by atoms with Crippen LogP contribution in [0.5, 0.6) is 5.75 Å². The molecular formula is C17H21FN4O2. The van der Waals surface area contributed by atoms with E-state index in [1.807, 2.05) is 0 Å². The van der Waals surface area contributed by atoms with Gasteiger partial charge in [0.05, 0.1) is 19.2 Å². The summed E-state index contributed by atoms with van der Waals surface area (Å²) in [6.45, 7) is 0.113. The monoisotopic (exact) mass is 332 g/mol. The van der Waals surface area contributed by atoms with Gasteiger partial charge >= 0.3 is 0 Å². The van der Waals surface area contributed by atoms with Crippen molar-refractivity contribution in [2.75, 3.05) is 19.0 Å². The van der Waals surface area contributed by atoms with Gasteiger partial charge in [-0.05, 0) is 18.9 Å². The van der Waals surface area contributed by atoms with Crippen LogP contribution in [0.2, 0.25) is 0 Å². The van der Waals surface area contributed by atoms with Crippen molar-refractivity contribution in [3.63, 3.8) is 0 Å². The van der Waals surface area contributed by atoms with Gasteiger partial charge in [-0.3, -0.25) is 4.79 Å². The Hall–Kier alpha value is -2.44. The SMILES string of the molecule is COc1cc2c(NCC(=O)NC3CCCCC3)ncnc2cc1F. The van der Waals surface area contributed by atoms with Gasteiger partial charge in [0.25, 0.3) is 0 Å². The van der Waals surface area contributed by atoms with Gasteiger partial charge in [0.2, 0.25) is 5.91 Å². The number of nitrogens with zero attached hydrogens (tertiary/aromatic N) is 2. The number of benzene rings is 1. The van der Waals surface area contributed by atoms with Crippen molar-refractivity contribution < 1.29 is 13.9 Å². The Morgan fingerprint density at radius 1 is 1.29 bits per heavy atom. The predicted octanol–water partition coefficient (Wildman–Crippen LogP) is 2.64. The molecule has 2 N–H and O–H groups in total. The third-order valence-corrected chi connectivity index (χ3v) is 4.30. The second-order valence-corrected chi connectivity index (χ2v) is 5.98. The molecule has 1 aromatic heterocycles. The van der Waals surface area contributed by atoms with E-state index in [1.165, 1.54) is 44.8 Å². The molecule has 2 aromatic rings. The number of methoxy groups -OCH3 is 1. The molecule has 1 fully saturated rings. The van der Waals surface area contributed by atoms with Crippen molar-refractivity contribution in [3.05, 3.63) is 24.3 Å². The number of aromatic nitrogens is 2. The second kappa shape index (κ2) is 7.42. The van der Waals surface area contributed by atoms with E-state index in [-0.39, 0.29) is 24.2 Å². The van der Waals surface area contributed by atoms with Gasteiger partial charge in [-0.1, -0.05) is 19.3 Å². The molecule has 0 atom stereocenters. The number of rotatable bonds is 5. The molecular weight excluding hydrogens is 311 g/mol. The normalized spacial score (nSPS) is 15.2. The third kappa shape index (κ3) is 3.72. The molecule has 1 saturated carbocycles. The van der Waals surface area contributed by atoms with E-state index in [9.17, 15) is 9.18 Å². The van der Waals surface area contributed by atoms with Crippen molar-refractivity contribution in [1.82, 2.24) is 15.3 Å². The molecule has 0 unspecified atom stereocenters. The van der Waals surface area contributed by atoms with Crippen LogP contribution in [0.1, 0.15) is 32.1 Å². The van der Waals surface area contributed by atoms with Crippen LogP contribution in [0.3, 0.4) is 0 Å². The van der Waals surface area contributed by atoms with Crippen LogP contribution in [-0.2, 0) is 4.79 Å². The first-order chi connectivity index (χ1) is 11.7. The van der Waals surface area contributed by atoms with Gasteiger partial charge in [-0.15, -0.1) is 0 Å². The lowest BCUT2D eigenvalue weighted by Crippen LogP contribution is -2.39. The Kier molecular flexibility index (Phi) is 5.08. The lowest BCUT2D eigenvalue weighted by atomic mass is 9.95. The van der Waals surface area contributed by atoms with Crippen molar-refractivity contribution in [1.29, 1.82) is 0 Å². The predicted molar refractivity (Wildman–Crippen MR) is 89.6 cm³/mol. The summed E-state index contributed by atoms with van der Waals surface area (Å²) < 4.78 is 18.8. The van der Waals surface area contributed by atoms with Gasteiger partial charge in [0.15, 0.2) is 11.6 Å². The first-order valence-electron chi connectivity index (χ1n) is 8.19. The minimum atomic E-state index is -0.482. The highest BCUT2D eigenvalue weighted by molar-refractivity contribution is 5.91. The minimum absolute atomic E-state index is 0.0669. The Bertz CT molecular complexity index is 732. The molecule has 6 nitrogen and oxygen atoms in total. The summed E-state index contributed by atoms with van der Waals surface area (Å²) in [6, 6.07) is 3.10. The summed E-state index contributed by atoms with van der Waals surface area (Å²) in [7, 11) is 1.40. The van der Waals surface area contributed by atoms with Crippen LogP contribution >= 0.6 is 0 Å². The molecule has 0 aliphatic heterocycles. The molecule has 3 rings (SSSR count). The van der Waals surface area contributed by atoms with Crippen LogP contribution in [0.15, 0.2) is 18.5 Å². The van der Waals surface area contributed by atoms with Crippen LogP contribution in [0.25, 0.3) is 10.9 Å². The molecule has 0 bridgehead atoms. The molecule has 1 amide bonds. The Morgan fingerprint density at radius 2 is 2.08 bits per heavy atom. The number of fused-ring (bicyclic) bond motifs is 1. The van der Waals surface area contributed by atoms with Gasteiger partial charge in [0, 0.05) is 17.5 Å². The van der Waals surface area contributed by atoms with Gasteiger partial charge in [0.1, 0.15) is 12.1 Å². The molecule has 0 radical (unpaired) electrons. The first kappa shape index (κ1) is 16.4. The van der Waals surface area contributed by atoms with E-state index in [2.05, 4.69) is 20.6 Å². The maximum atomic E-state index is 13.8. The zero-order valence-electron chi connectivity index (χ0n) is 13.6. The summed E-state index contributed by atoms with van der Waals surface area (Å²) in [5, 5.41) is 6.66. The Labute approximate surface area is 139 Å². The number of carbonyl (C=O) groups is 1. The Balaban J connectivity index is 1.69. The average molecular weight is 332 g/mol. The fourth-order valence-corrected chi connectivity index (χ4v) is 3.04. The summed E-state index contributed by atoms with van der Waals surface area (Å²) in [6.07, 6.45) is 7.00. The van der Waals surface area contributed by atoms with E-state index >= 15 is 0 Å². The van der Waals surface area contributed by atoms with Crippen molar-refractivity contribution in [2.24, 2.45) is 0 Å². The lowest BCUT2D eigenvalue weighted by molar-refractivity contribution is -0.120. The highest BCUT2D eigenvalue weighted by Crippen LogP contribution is 2.27. The van der Waals surface area contributed by atoms with Crippen LogP contribution in [-0.4, -0.2) is 35.6 Å². The van der Waals surface area contributed by atoms with Crippen LogP contribution < -0.4 is 15.4 Å². The lowest BCUT2D eigenvalue weighted by Gasteiger charge is -2.22. The van der Waals surface area contributed by atoms with Crippen molar-refractivity contribution in [3.8, 4) is 5.75 Å². The quantitative estimate of drug-likeness (QED) is 0.880. The number of nitrogens with one attached hydrogen (secondary N) is 2. The average Bonchev–Trinajstić information content (AvgIpc) is 2.60. The van der Waals surface area contributed by atoms with Crippen LogP contribution in [0.4, 0.5) is 10.2 Å². The van der Waals surface area contributed by atoms with E-state index in [0.717, 1.165) is 12.8 Å². The molecule has 1 heterocycles. The van der Waals surface area contributed by atoms with Crippen LogP contribution in [0, 0.1) is 5.82 Å². The standard InChI is InChI=1S/C17H21FN4O2/c1-24-15-7-12-14(8-13(15)18)20-10-21-17(12)19-9-16(23)22-11-5-3-2-4-6-11/h7-8,10-11H,2-6,9H2,1H3,(H,22,23)(H,19,20,21). The molecule has 1 aromatic carbocycles. The summed E-state index contributed by atoms with van der Waals surface area (Å²) in [5.74, 6) is 0.0523. The topological polar surface area (TPSA) is 76.1 Å². The van der Waals surface area contributed by atoms with E-state index < -0.39 is 5.82 Å². The maximum absolute atomic E-state index is 13.8. The van der Waals surface area contributed by atoms with Gasteiger partial charge < -0.3 is 15.4 Å². The fourth-order valence-electron chi connectivity index (χ4n) is 3.04. The van der Waals surface area contributed by atoms with E-state index in [0.29, 0.717) is 16.7 Å². The third-order valence-electron chi connectivity index (χ3n) is 4.30. The second-order valence-electron chi connectivity index (χ2n) is 5.98.